The molecule has 0 aliphatic carbocycles. The van der Waals surface area contributed by atoms with Crippen LogP contribution in [-0.4, -0.2) is 35.7 Å². The third-order valence-corrected chi connectivity index (χ3v) is 2.61. The summed E-state index contributed by atoms with van der Waals surface area (Å²) in [5, 5.41) is 22.5. The quantitative estimate of drug-likeness (QED) is 0.594. The summed E-state index contributed by atoms with van der Waals surface area (Å²) in [5.41, 5.74) is 0.0402. The van der Waals surface area contributed by atoms with Crippen LogP contribution in [0.15, 0.2) is 18.2 Å². The Bertz CT molecular complexity index is 475. The van der Waals surface area contributed by atoms with Crippen molar-refractivity contribution in [1.29, 1.82) is 0 Å². The molecule has 1 rings (SSSR count). The summed E-state index contributed by atoms with van der Waals surface area (Å²) < 4.78 is 4.96. The van der Waals surface area contributed by atoms with Gasteiger partial charge in [-0.2, -0.15) is 0 Å². The second-order valence-corrected chi connectivity index (χ2v) is 3.91. The van der Waals surface area contributed by atoms with Crippen LogP contribution in [0.5, 0.6) is 5.75 Å². The molecule has 0 saturated heterocycles. The van der Waals surface area contributed by atoms with Crippen molar-refractivity contribution in [3.8, 4) is 5.75 Å². The number of non-ortho nitro benzene ring substituents is 1. The molecule has 7 nitrogen and oxygen atoms in total. The van der Waals surface area contributed by atoms with E-state index >= 15 is 0 Å². The number of rotatable bonds is 6. The molecule has 1 amide bonds. The van der Waals surface area contributed by atoms with E-state index in [0.717, 1.165) is 0 Å². The summed E-state index contributed by atoms with van der Waals surface area (Å²) in [6, 6.07) is 3.74. The van der Waals surface area contributed by atoms with Gasteiger partial charge >= 0.3 is 0 Å². The molecule has 104 valence electrons. The van der Waals surface area contributed by atoms with Gasteiger partial charge in [-0.05, 0) is 12.5 Å². The van der Waals surface area contributed by atoms with Crippen LogP contribution in [0.1, 0.15) is 23.7 Å². The summed E-state index contributed by atoms with van der Waals surface area (Å²) in [4.78, 5) is 21.9. The van der Waals surface area contributed by atoms with E-state index in [1.807, 2.05) is 0 Å². The maximum Gasteiger partial charge on any atom is 0.273 e. The molecular weight excluding hydrogens is 252 g/mol. The Morgan fingerprint density at radius 2 is 2.26 bits per heavy atom. The second kappa shape index (κ2) is 6.69. The first kappa shape index (κ1) is 14.9. The van der Waals surface area contributed by atoms with Gasteiger partial charge in [0.25, 0.3) is 11.6 Å². The number of carbonyl (C=O) groups excluding carboxylic acids is 1. The van der Waals surface area contributed by atoms with Crippen molar-refractivity contribution in [3.05, 3.63) is 33.9 Å². The first-order valence-electron chi connectivity index (χ1n) is 5.78. The zero-order valence-electron chi connectivity index (χ0n) is 10.8. The van der Waals surface area contributed by atoms with Gasteiger partial charge in [-0.25, -0.2) is 0 Å². The van der Waals surface area contributed by atoms with Crippen molar-refractivity contribution in [2.75, 3.05) is 13.7 Å². The zero-order valence-corrected chi connectivity index (χ0v) is 10.8. The fourth-order valence-corrected chi connectivity index (χ4v) is 1.43. The van der Waals surface area contributed by atoms with E-state index in [9.17, 15) is 20.0 Å². The van der Waals surface area contributed by atoms with Gasteiger partial charge in [0.1, 0.15) is 5.75 Å². The minimum absolute atomic E-state index is 0.121. The average Bonchev–Trinajstić information content (AvgIpc) is 2.43. The number of benzene rings is 1. The number of aliphatic hydroxyl groups excluding tert-OH is 1. The number of hydrogen-bond donors (Lipinski definition) is 2. The molecule has 1 aromatic rings. The molecule has 0 saturated carbocycles. The average molecular weight is 268 g/mol. The smallest absolute Gasteiger partial charge is 0.273 e. The number of nitrogens with one attached hydrogen (secondary N) is 1. The minimum atomic E-state index is -0.618. The maximum absolute atomic E-state index is 11.9. The predicted molar refractivity (Wildman–Crippen MR) is 68.3 cm³/mol. The number of hydrogen-bond acceptors (Lipinski definition) is 5. The van der Waals surface area contributed by atoms with Crippen molar-refractivity contribution in [3.63, 3.8) is 0 Å². The van der Waals surface area contributed by atoms with Crippen molar-refractivity contribution in [2.45, 2.75) is 19.4 Å². The van der Waals surface area contributed by atoms with E-state index in [1.165, 1.54) is 25.3 Å². The summed E-state index contributed by atoms with van der Waals surface area (Å²) in [7, 11) is 1.33. The molecule has 19 heavy (non-hydrogen) atoms. The molecule has 7 heteroatoms. The topological polar surface area (TPSA) is 102 Å². The minimum Gasteiger partial charge on any atom is -0.496 e. The Morgan fingerprint density at radius 3 is 2.79 bits per heavy atom. The van der Waals surface area contributed by atoms with Gasteiger partial charge < -0.3 is 15.2 Å². The molecule has 1 unspecified atom stereocenters. The molecule has 0 fully saturated rings. The molecule has 2 N–H and O–H groups in total. The first-order valence-corrected chi connectivity index (χ1v) is 5.78. The number of amides is 1. The van der Waals surface area contributed by atoms with Crippen LogP contribution in [0.2, 0.25) is 0 Å². The molecule has 0 aliphatic rings. The van der Waals surface area contributed by atoms with Gasteiger partial charge in [0.15, 0.2) is 0 Å². The van der Waals surface area contributed by atoms with Crippen LogP contribution < -0.4 is 10.1 Å². The molecule has 1 atom stereocenters. The van der Waals surface area contributed by atoms with Gasteiger partial charge in [-0.1, -0.05) is 6.92 Å². The van der Waals surface area contributed by atoms with Crippen LogP contribution in [-0.2, 0) is 0 Å². The van der Waals surface area contributed by atoms with Crippen LogP contribution in [0, 0.1) is 10.1 Å². The molecule has 0 aromatic heterocycles. The lowest BCUT2D eigenvalue weighted by atomic mass is 10.1. The maximum atomic E-state index is 11.9. The normalized spacial score (nSPS) is 11.7. The Morgan fingerprint density at radius 1 is 1.58 bits per heavy atom. The molecule has 0 radical (unpaired) electrons. The highest BCUT2D eigenvalue weighted by molar-refractivity contribution is 5.97. The van der Waals surface area contributed by atoms with Crippen molar-refractivity contribution >= 4 is 11.6 Å². The molecule has 0 spiro atoms. The van der Waals surface area contributed by atoms with Gasteiger partial charge in [0.2, 0.25) is 0 Å². The van der Waals surface area contributed by atoms with E-state index in [0.29, 0.717) is 6.42 Å². The number of nitro benzene ring substituents is 1. The second-order valence-electron chi connectivity index (χ2n) is 3.91. The number of nitro groups is 1. The standard InChI is InChI=1S/C12H16N2O5/c1-3-9(15)7-13-12(16)10-5-4-8(14(17)18)6-11(10)19-2/h4-6,9,15H,3,7H2,1-2H3,(H,13,16). The lowest BCUT2D eigenvalue weighted by Gasteiger charge is -2.11. The van der Waals surface area contributed by atoms with Crippen LogP contribution >= 0.6 is 0 Å². The number of carbonyl (C=O) groups is 1. The monoisotopic (exact) mass is 268 g/mol. The molecule has 0 aliphatic heterocycles. The predicted octanol–water partition coefficient (Wildman–Crippen LogP) is 1.10. The van der Waals surface area contributed by atoms with Gasteiger partial charge in [-0.15, -0.1) is 0 Å². The van der Waals surface area contributed by atoms with Gasteiger partial charge in [-0.3, -0.25) is 14.9 Å². The van der Waals surface area contributed by atoms with E-state index in [4.69, 9.17) is 4.74 Å². The van der Waals surface area contributed by atoms with Crippen LogP contribution in [0.4, 0.5) is 5.69 Å². The summed E-state index contributed by atoms with van der Waals surface area (Å²) in [5.74, 6) is -0.322. The number of nitrogens with zero attached hydrogens (tertiary/aromatic N) is 1. The lowest BCUT2D eigenvalue weighted by Crippen LogP contribution is -2.31. The lowest BCUT2D eigenvalue weighted by molar-refractivity contribution is -0.384. The third kappa shape index (κ3) is 3.92. The largest absolute Gasteiger partial charge is 0.496 e. The van der Waals surface area contributed by atoms with E-state index in [1.54, 1.807) is 6.92 Å². The van der Waals surface area contributed by atoms with Crippen molar-refractivity contribution < 1.29 is 19.6 Å². The van der Waals surface area contributed by atoms with Crippen LogP contribution in [0.3, 0.4) is 0 Å². The molecule has 0 heterocycles. The Hall–Kier alpha value is -2.15. The highest BCUT2D eigenvalue weighted by Crippen LogP contribution is 2.24. The van der Waals surface area contributed by atoms with Gasteiger partial charge in [0, 0.05) is 12.6 Å². The fourth-order valence-electron chi connectivity index (χ4n) is 1.43. The fraction of sp³-hybridized carbons (Fsp3) is 0.417. The third-order valence-electron chi connectivity index (χ3n) is 2.61. The van der Waals surface area contributed by atoms with Crippen molar-refractivity contribution in [2.24, 2.45) is 0 Å². The van der Waals surface area contributed by atoms with E-state index < -0.39 is 16.9 Å². The molecular formula is C12H16N2O5. The molecule has 0 bridgehead atoms. The number of aliphatic hydroxyl groups is 1. The highest BCUT2D eigenvalue weighted by atomic mass is 16.6. The Labute approximate surface area is 110 Å². The number of ether oxygens (including phenoxy) is 1. The van der Waals surface area contributed by atoms with Crippen LogP contribution in [0.25, 0.3) is 0 Å². The summed E-state index contributed by atoms with van der Waals surface area (Å²) in [6.07, 6.45) is -0.0921. The first-order chi connectivity index (χ1) is 8.99. The van der Waals surface area contributed by atoms with E-state index in [2.05, 4.69) is 5.32 Å². The van der Waals surface area contributed by atoms with Gasteiger partial charge in [0.05, 0.1) is 29.8 Å². The summed E-state index contributed by atoms with van der Waals surface area (Å²) >= 11 is 0. The zero-order chi connectivity index (χ0) is 14.4. The van der Waals surface area contributed by atoms with E-state index in [-0.39, 0.29) is 23.5 Å². The molecule has 1 aromatic carbocycles. The highest BCUT2D eigenvalue weighted by Gasteiger charge is 2.17. The Balaban J connectivity index is 2.87. The van der Waals surface area contributed by atoms with Crippen molar-refractivity contribution in [1.82, 2.24) is 5.32 Å². The SMILES string of the molecule is CCC(O)CNC(=O)c1ccc([N+](=O)[O-])cc1OC. The summed E-state index contributed by atoms with van der Waals surface area (Å²) in [6.45, 7) is 1.92. The Kier molecular flexibility index (Phi) is 5.25. The number of methoxy groups -OCH3 is 1.